The number of carbonyl (C=O) groups excluding carboxylic acids is 1. The summed E-state index contributed by atoms with van der Waals surface area (Å²) in [5.41, 5.74) is 4.67. The van der Waals surface area contributed by atoms with Gasteiger partial charge in [0.1, 0.15) is 0 Å². The van der Waals surface area contributed by atoms with Crippen molar-refractivity contribution < 1.29 is 4.79 Å². The van der Waals surface area contributed by atoms with Gasteiger partial charge < -0.3 is 4.90 Å². The van der Waals surface area contributed by atoms with Crippen LogP contribution in [0, 0.1) is 0 Å². The lowest BCUT2D eigenvalue weighted by Gasteiger charge is -2.32. The highest BCUT2D eigenvalue weighted by Crippen LogP contribution is 2.31. The number of pyridine rings is 1. The maximum absolute atomic E-state index is 13.1. The second-order valence-electron chi connectivity index (χ2n) is 8.23. The van der Waals surface area contributed by atoms with E-state index in [1.807, 2.05) is 18.1 Å². The van der Waals surface area contributed by atoms with Crippen molar-refractivity contribution in [3.63, 3.8) is 0 Å². The van der Waals surface area contributed by atoms with E-state index in [0.717, 1.165) is 56.6 Å². The van der Waals surface area contributed by atoms with Crippen molar-refractivity contribution in [1.29, 1.82) is 0 Å². The first kappa shape index (κ1) is 19.6. The van der Waals surface area contributed by atoms with E-state index in [-0.39, 0.29) is 5.91 Å². The van der Waals surface area contributed by atoms with Crippen LogP contribution in [0.25, 0.3) is 0 Å². The first-order valence-electron chi connectivity index (χ1n) is 10.7. The Kier molecular flexibility index (Phi) is 6.12. The molecule has 0 atom stereocenters. The van der Waals surface area contributed by atoms with E-state index >= 15 is 0 Å². The molecule has 150 valence electrons. The number of rotatable bonds is 5. The molecule has 1 fully saturated rings. The van der Waals surface area contributed by atoms with Gasteiger partial charge in [-0.05, 0) is 42.9 Å². The summed E-state index contributed by atoms with van der Waals surface area (Å²) in [5, 5.41) is 2.10. The highest BCUT2D eigenvalue weighted by Gasteiger charge is 2.28. The van der Waals surface area contributed by atoms with Gasteiger partial charge in [0.25, 0.3) is 5.91 Å². The minimum absolute atomic E-state index is 0.231. The number of aromatic nitrogens is 1. The highest BCUT2D eigenvalue weighted by molar-refractivity contribution is 7.10. The van der Waals surface area contributed by atoms with E-state index in [4.69, 9.17) is 0 Å². The molecule has 1 saturated carbocycles. The van der Waals surface area contributed by atoms with Crippen molar-refractivity contribution in [3.05, 3.63) is 51.0 Å². The summed E-state index contributed by atoms with van der Waals surface area (Å²) < 4.78 is 0. The molecule has 1 amide bonds. The van der Waals surface area contributed by atoms with E-state index in [2.05, 4.69) is 34.3 Å². The van der Waals surface area contributed by atoms with Crippen LogP contribution in [-0.4, -0.2) is 40.3 Å². The number of thiophene rings is 1. The minimum atomic E-state index is 0.231. The standard InChI is InChI=1S/C23H31N3OS/c1-3-17-9-10-18(24-13-17)14-26-12-11-20-21(16-28-22(20)15-26)23(27)25(2)19-7-5-4-6-8-19/h9-10,13,16,19H,3-8,11-12,14-15H2,1-2H3. The summed E-state index contributed by atoms with van der Waals surface area (Å²) in [5.74, 6) is 0.231. The lowest BCUT2D eigenvalue weighted by molar-refractivity contribution is 0.0695. The zero-order valence-electron chi connectivity index (χ0n) is 17.1. The smallest absolute Gasteiger partial charge is 0.254 e. The lowest BCUT2D eigenvalue weighted by Crippen LogP contribution is -2.39. The number of hydrogen-bond acceptors (Lipinski definition) is 4. The van der Waals surface area contributed by atoms with E-state index in [9.17, 15) is 4.79 Å². The van der Waals surface area contributed by atoms with Gasteiger partial charge in [0.05, 0.1) is 11.3 Å². The normalized spacial score (nSPS) is 18.1. The maximum Gasteiger partial charge on any atom is 0.254 e. The molecule has 3 heterocycles. The van der Waals surface area contributed by atoms with Crippen LogP contribution in [0.3, 0.4) is 0 Å². The summed E-state index contributed by atoms with van der Waals surface area (Å²) in [7, 11) is 2.00. The van der Waals surface area contributed by atoms with Crippen LogP contribution < -0.4 is 0 Å². The number of aryl methyl sites for hydroxylation is 1. The molecule has 0 bridgehead atoms. The molecular weight excluding hydrogens is 366 g/mol. The number of fused-ring (bicyclic) bond motifs is 1. The second kappa shape index (κ2) is 8.75. The third-order valence-corrected chi connectivity index (χ3v) is 7.39. The van der Waals surface area contributed by atoms with Crippen LogP contribution in [0.2, 0.25) is 0 Å². The second-order valence-corrected chi connectivity index (χ2v) is 9.20. The summed E-state index contributed by atoms with van der Waals surface area (Å²) in [6.45, 7) is 4.96. The molecule has 4 nitrogen and oxygen atoms in total. The Labute approximate surface area is 172 Å². The quantitative estimate of drug-likeness (QED) is 0.736. The van der Waals surface area contributed by atoms with Gasteiger partial charge in [-0.2, -0.15) is 0 Å². The van der Waals surface area contributed by atoms with Gasteiger partial charge in [-0.1, -0.05) is 32.3 Å². The maximum atomic E-state index is 13.1. The van der Waals surface area contributed by atoms with Gasteiger partial charge in [-0.3, -0.25) is 14.7 Å². The fraction of sp³-hybridized carbons (Fsp3) is 0.565. The Morgan fingerprint density at radius 1 is 1.29 bits per heavy atom. The number of hydrogen-bond donors (Lipinski definition) is 0. The van der Waals surface area contributed by atoms with E-state index in [0.29, 0.717) is 6.04 Å². The van der Waals surface area contributed by atoms with E-state index in [1.165, 1.54) is 35.3 Å². The Bertz CT molecular complexity index is 808. The Hall–Kier alpha value is -1.72. The Morgan fingerprint density at radius 3 is 2.82 bits per heavy atom. The molecule has 1 aliphatic heterocycles. The highest BCUT2D eigenvalue weighted by atomic mass is 32.1. The fourth-order valence-electron chi connectivity index (χ4n) is 4.51. The van der Waals surface area contributed by atoms with Gasteiger partial charge in [0.2, 0.25) is 0 Å². The summed E-state index contributed by atoms with van der Waals surface area (Å²) in [6, 6.07) is 4.76. The summed E-state index contributed by atoms with van der Waals surface area (Å²) >= 11 is 1.76. The van der Waals surface area contributed by atoms with Crippen molar-refractivity contribution in [1.82, 2.24) is 14.8 Å². The molecule has 0 N–H and O–H groups in total. The molecule has 4 rings (SSSR count). The first-order valence-corrected chi connectivity index (χ1v) is 11.6. The molecule has 0 radical (unpaired) electrons. The first-order chi connectivity index (χ1) is 13.7. The molecule has 5 heteroatoms. The van der Waals surface area contributed by atoms with Crippen LogP contribution in [0.1, 0.15) is 71.1 Å². The number of amides is 1. The van der Waals surface area contributed by atoms with Crippen molar-refractivity contribution in [3.8, 4) is 0 Å². The SMILES string of the molecule is CCc1ccc(CN2CCc3c(C(=O)N(C)C4CCCCC4)csc3C2)nc1. The minimum Gasteiger partial charge on any atom is -0.339 e. The zero-order chi connectivity index (χ0) is 19.5. The molecule has 2 aromatic heterocycles. The van der Waals surface area contributed by atoms with E-state index < -0.39 is 0 Å². The molecule has 0 aromatic carbocycles. The summed E-state index contributed by atoms with van der Waals surface area (Å²) in [4.78, 5) is 23.6. The topological polar surface area (TPSA) is 36.4 Å². The number of nitrogens with zero attached hydrogens (tertiary/aromatic N) is 3. The van der Waals surface area contributed by atoms with E-state index in [1.54, 1.807) is 11.3 Å². The van der Waals surface area contributed by atoms with Crippen molar-refractivity contribution >= 4 is 17.2 Å². The largest absolute Gasteiger partial charge is 0.339 e. The van der Waals surface area contributed by atoms with Crippen LogP contribution in [0.5, 0.6) is 0 Å². The average molecular weight is 398 g/mol. The molecular formula is C23H31N3OS. The van der Waals surface area contributed by atoms with Gasteiger partial charge in [-0.15, -0.1) is 11.3 Å². The number of carbonyl (C=O) groups is 1. The van der Waals surface area contributed by atoms with Crippen molar-refractivity contribution in [2.75, 3.05) is 13.6 Å². The van der Waals surface area contributed by atoms with Crippen LogP contribution in [0.4, 0.5) is 0 Å². The van der Waals surface area contributed by atoms with Crippen molar-refractivity contribution in [2.45, 2.75) is 71.0 Å². The average Bonchev–Trinajstić information content (AvgIpc) is 3.17. The zero-order valence-corrected chi connectivity index (χ0v) is 17.9. The Balaban J connectivity index is 1.41. The molecule has 0 unspecified atom stereocenters. The fourth-order valence-corrected chi connectivity index (χ4v) is 5.62. The predicted octanol–water partition coefficient (Wildman–Crippen LogP) is 4.67. The molecule has 2 aromatic rings. The van der Waals surface area contributed by atoms with Gasteiger partial charge >= 0.3 is 0 Å². The molecule has 0 saturated heterocycles. The molecule has 28 heavy (non-hydrogen) atoms. The molecule has 0 spiro atoms. The monoisotopic (exact) mass is 397 g/mol. The lowest BCUT2D eigenvalue weighted by atomic mass is 9.93. The molecule has 2 aliphatic rings. The predicted molar refractivity (Wildman–Crippen MR) is 115 cm³/mol. The van der Waals surface area contributed by atoms with Crippen molar-refractivity contribution in [2.24, 2.45) is 0 Å². The molecule has 1 aliphatic carbocycles. The third kappa shape index (κ3) is 4.15. The van der Waals surface area contributed by atoms with Gasteiger partial charge in [0.15, 0.2) is 0 Å². The van der Waals surface area contributed by atoms with Crippen LogP contribution >= 0.6 is 11.3 Å². The van der Waals surface area contributed by atoms with Gasteiger partial charge in [-0.25, -0.2) is 0 Å². The van der Waals surface area contributed by atoms with Crippen LogP contribution in [0.15, 0.2) is 23.7 Å². The van der Waals surface area contributed by atoms with Crippen LogP contribution in [-0.2, 0) is 25.9 Å². The Morgan fingerprint density at radius 2 is 2.11 bits per heavy atom. The summed E-state index contributed by atoms with van der Waals surface area (Å²) in [6.07, 6.45) is 10.1. The van der Waals surface area contributed by atoms with Gasteiger partial charge in [0, 0.05) is 49.2 Å². The third-order valence-electron chi connectivity index (χ3n) is 6.38.